The van der Waals surface area contributed by atoms with Crippen molar-refractivity contribution < 1.29 is 4.79 Å². The maximum Gasteiger partial charge on any atom is 0.250 e. The first-order valence-corrected chi connectivity index (χ1v) is 11.4. The lowest BCUT2D eigenvalue weighted by Crippen LogP contribution is -2.20. The van der Waals surface area contributed by atoms with Crippen LogP contribution in [0, 0.1) is 0 Å². The Bertz CT molecular complexity index is 1070. The first-order valence-electron chi connectivity index (χ1n) is 9.28. The van der Waals surface area contributed by atoms with Crippen LogP contribution in [0.3, 0.4) is 0 Å². The van der Waals surface area contributed by atoms with Gasteiger partial charge in [-0.1, -0.05) is 57.5 Å². The second kappa shape index (κ2) is 11.7. The number of carbonyl (C=O) groups excluding carboxylic acids is 1. The molecule has 0 aliphatic carbocycles. The van der Waals surface area contributed by atoms with Crippen molar-refractivity contribution in [2.45, 2.75) is 18.2 Å². The second-order valence-corrected chi connectivity index (χ2v) is 8.59. The summed E-state index contributed by atoms with van der Waals surface area (Å²) < 4.78 is 2.86. The zero-order chi connectivity index (χ0) is 22.1. The molecule has 0 unspecified atom stereocenters. The molecule has 0 fully saturated rings. The molecule has 1 heterocycles. The lowest BCUT2D eigenvalue weighted by atomic mass is 10.2. The monoisotopic (exact) mass is 518 g/mol. The maximum atomic E-state index is 12.1. The van der Waals surface area contributed by atoms with E-state index in [1.54, 1.807) is 12.3 Å². The molecule has 0 aliphatic heterocycles. The maximum absolute atomic E-state index is 12.1. The van der Waals surface area contributed by atoms with E-state index in [0.29, 0.717) is 23.3 Å². The van der Waals surface area contributed by atoms with Gasteiger partial charge >= 0.3 is 0 Å². The fraction of sp³-hybridized carbons (Fsp3) is 0.143. The Morgan fingerprint density at radius 3 is 2.81 bits per heavy atom. The summed E-state index contributed by atoms with van der Waals surface area (Å²) >= 11 is 10.6. The van der Waals surface area contributed by atoms with Crippen LogP contribution in [-0.4, -0.2) is 32.6 Å². The van der Waals surface area contributed by atoms with Gasteiger partial charge in [-0.2, -0.15) is 5.10 Å². The Morgan fingerprint density at radius 1 is 1.26 bits per heavy atom. The Morgan fingerprint density at radius 2 is 2.06 bits per heavy atom. The number of thioether (sulfide) groups is 1. The molecule has 3 aromatic rings. The van der Waals surface area contributed by atoms with E-state index in [0.717, 1.165) is 21.5 Å². The fourth-order valence-electron chi connectivity index (χ4n) is 2.55. The van der Waals surface area contributed by atoms with Crippen molar-refractivity contribution >= 4 is 57.1 Å². The highest BCUT2D eigenvalue weighted by Gasteiger charge is 2.13. The molecule has 1 amide bonds. The van der Waals surface area contributed by atoms with E-state index in [2.05, 4.69) is 48.6 Å². The number of allylic oxidation sites excluding steroid dienone is 1. The van der Waals surface area contributed by atoms with E-state index in [9.17, 15) is 4.79 Å². The summed E-state index contributed by atoms with van der Waals surface area (Å²) in [6.45, 7) is 4.81. The highest BCUT2D eigenvalue weighted by molar-refractivity contribution is 9.10. The van der Waals surface area contributed by atoms with Crippen LogP contribution >= 0.6 is 39.3 Å². The predicted octanol–water partition coefficient (Wildman–Crippen LogP) is 4.73. The Hall–Kier alpha value is -2.62. The molecular weight excluding hydrogens is 500 g/mol. The van der Waals surface area contributed by atoms with Crippen LogP contribution in [0.2, 0.25) is 5.02 Å². The minimum Gasteiger partial charge on any atom is -0.378 e. The van der Waals surface area contributed by atoms with Crippen LogP contribution in [-0.2, 0) is 17.9 Å². The van der Waals surface area contributed by atoms with Crippen LogP contribution in [0.1, 0.15) is 11.4 Å². The standard InChI is InChI=1S/C21H20BrClN6OS/c1-2-10-29-19(13-24-18-8-6-17(23)7-9-18)26-28-21(29)31-14-20(30)27-25-12-15-4-3-5-16(22)11-15/h2-9,11-12,24H,1,10,13-14H2,(H,27,30)/b25-12-. The van der Waals surface area contributed by atoms with Crippen LogP contribution < -0.4 is 10.7 Å². The summed E-state index contributed by atoms with van der Waals surface area (Å²) in [6.07, 6.45) is 3.36. The van der Waals surface area contributed by atoms with E-state index in [-0.39, 0.29) is 11.7 Å². The summed E-state index contributed by atoms with van der Waals surface area (Å²) in [5, 5.41) is 17.1. The van der Waals surface area contributed by atoms with Crippen molar-refractivity contribution in [2.75, 3.05) is 11.1 Å². The van der Waals surface area contributed by atoms with Gasteiger partial charge in [-0.15, -0.1) is 16.8 Å². The third kappa shape index (κ3) is 7.23. The molecular formula is C21H20BrClN6OS. The average molecular weight is 520 g/mol. The van der Waals surface area contributed by atoms with Gasteiger partial charge in [0.1, 0.15) is 0 Å². The molecule has 0 saturated heterocycles. The molecule has 0 atom stereocenters. The molecule has 7 nitrogen and oxygen atoms in total. The highest BCUT2D eigenvalue weighted by atomic mass is 79.9. The summed E-state index contributed by atoms with van der Waals surface area (Å²) in [5.74, 6) is 0.672. The van der Waals surface area contributed by atoms with Crippen molar-refractivity contribution in [1.29, 1.82) is 0 Å². The summed E-state index contributed by atoms with van der Waals surface area (Å²) in [5.41, 5.74) is 4.33. The number of anilines is 1. The molecule has 2 N–H and O–H groups in total. The average Bonchev–Trinajstić information content (AvgIpc) is 3.14. The Kier molecular flexibility index (Phi) is 8.69. The van der Waals surface area contributed by atoms with Gasteiger partial charge in [-0.25, -0.2) is 5.43 Å². The molecule has 0 aliphatic rings. The molecule has 0 spiro atoms. The van der Waals surface area contributed by atoms with Gasteiger partial charge in [-0.05, 0) is 42.0 Å². The number of nitrogens with one attached hydrogen (secondary N) is 2. The lowest BCUT2D eigenvalue weighted by molar-refractivity contribution is -0.118. The van der Waals surface area contributed by atoms with E-state index in [1.165, 1.54) is 11.8 Å². The number of hydrogen-bond acceptors (Lipinski definition) is 6. The highest BCUT2D eigenvalue weighted by Crippen LogP contribution is 2.19. The van der Waals surface area contributed by atoms with Crippen molar-refractivity contribution in [3.8, 4) is 0 Å². The van der Waals surface area contributed by atoms with Crippen molar-refractivity contribution in [3.63, 3.8) is 0 Å². The van der Waals surface area contributed by atoms with E-state index >= 15 is 0 Å². The minimum atomic E-state index is -0.231. The van der Waals surface area contributed by atoms with Gasteiger partial charge in [-0.3, -0.25) is 4.79 Å². The molecule has 0 radical (unpaired) electrons. The molecule has 1 aromatic heterocycles. The third-order valence-corrected chi connectivity index (χ3v) is 5.70. The summed E-state index contributed by atoms with van der Waals surface area (Å²) in [6, 6.07) is 15.0. The number of amides is 1. The number of nitrogens with zero attached hydrogens (tertiary/aromatic N) is 4. The van der Waals surface area contributed by atoms with E-state index in [1.807, 2.05) is 53.1 Å². The molecule has 0 saturated carbocycles. The minimum absolute atomic E-state index is 0.162. The van der Waals surface area contributed by atoms with Crippen LogP contribution in [0.15, 0.2) is 75.9 Å². The number of benzene rings is 2. The van der Waals surface area contributed by atoms with Gasteiger partial charge in [0.25, 0.3) is 5.91 Å². The van der Waals surface area contributed by atoms with Gasteiger partial charge in [0, 0.05) is 21.7 Å². The number of halogens is 2. The van der Waals surface area contributed by atoms with Gasteiger partial charge in [0.2, 0.25) is 0 Å². The lowest BCUT2D eigenvalue weighted by Gasteiger charge is -2.09. The number of carbonyl (C=O) groups is 1. The predicted molar refractivity (Wildman–Crippen MR) is 130 cm³/mol. The SMILES string of the molecule is C=CCn1c(CNc2ccc(Cl)cc2)nnc1SCC(=O)N/N=C\c1cccc(Br)c1. The van der Waals surface area contributed by atoms with Gasteiger partial charge in [0.15, 0.2) is 11.0 Å². The van der Waals surface area contributed by atoms with Crippen LogP contribution in [0.25, 0.3) is 0 Å². The van der Waals surface area contributed by atoms with E-state index < -0.39 is 0 Å². The molecule has 31 heavy (non-hydrogen) atoms. The number of hydrogen-bond donors (Lipinski definition) is 2. The number of rotatable bonds is 10. The molecule has 3 rings (SSSR count). The van der Waals surface area contributed by atoms with Gasteiger partial charge in [0.05, 0.1) is 18.5 Å². The van der Waals surface area contributed by atoms with Crippen LogP contribution in [0.4, 0.5) is 5.69 Å². The zero-order valence-corrected chi connectivity index (χ0v) is 19.6. The molecule has 160 valence electrons. The third-order valence-electron chi connectivity index (χ3n) is 3.98. The number of hydrazone groups is 1. The Labute approximate surface area is 198 Å². The quantitative estimate of drug-likeness (QED) is 0.175. The molecule has 2 aromatic carbocycles. The molecule has 10 heteroatoms. The Balaban J connectivity index is 1.54. The van der Waals surface area contributed by atoms with Crippen molar-refractivity contribution in [1.82, 2.24) is 20.2 Å². The van der Waals surface area contributed by atoms with Crippen LogP contribution in [0.5, 0.6) is 0 Å². The second-order valence-electron chi connectivity index (χ2n) is 6.30. The van der Waals surface area contributed by atoms with Gasteiger partial charge < -0.3 is 9.88 Å². The molecule has 0 bridgehead atoms. The first kappa shape index (κ1) is 23.1. The van der Waals surface area contributed by atoms with Crippen molar-refractivity contribution in [3.05, 3.63) is 82.1 Å². The smallest absolute Gasteiger partial charge is 0.250 e. The fourth-order valence-corrected chi connectivity index (χ4v) is 3.85. The first-order chi connectivity index (χ1) is 15.0. The largest absolute Gasteiger partial charge is 0.378 e. The number of aromatic nitrogens is 3. The van der Waals surface area contributed by atoms with Crippen molar-refractivity contribution in [2.24, 2.45) is 5.10 Å². The summed E-state index contributed by atoms with van der Waals surface area (Å²) in [7, 11) is 0. The summed E-state index contributed by atoms with van der Waals surface area (Å²) in [4.78, 5) is 12.1. The van der Waals surface area contributed by atoms with E-state index in [4.69, 9.17) is 11.6 Å². The zero-order valence-electron chi connectivity index (χ0n) is 16.5. The topological polar surface area (TPSA) is 84.2 Å². The normalized spacial score (nSPS) is 10.9.